The van der Waals surface area contributed by atoms with E-state index in [1.165, 1.54) is 6.92 Å². The maximum absolute atomic E-state index is 9.75. The Hall–Kier alpha value is -0.870. The van der Waals surface area contributed by atoms with Crippen molar-refractivity contribution in [3.05, 3.63) is 12.8 Å². The Labute approximate surface area is 72.0 Å². The standard InChI is InChI=1S/C4H8O2.C4H6O2/c1-2-4-6-5-3-1;1-3-6-4(2)5/h1-4H2;3H,1H2,2H3. The predicted molar refractivity (Wildman–Crippen MR) is 43.1 cm³/mol. The summed E-state index contributed by atoms with van der Waals surface area (Å²) < 4.78 is 4.17. The lowest BCUT2D eigenvalue weighted by molar-refractivity contribution is -0.312. The van der Waals surface area contributed by atoms with E-state index in [0.29, 0.717) is 0 Å². The molecule has 1 aliphatic heterocycles. The number of esters is 1. The molecule has 0 saturated carbocycles. The summed E-state index contributed by atoms with van der Waals surface area (Å²) in [6, 6.07) is 0. The minimum Gasteiger partial charge on any atom is -0.435 e. The third-order valence-electron chi connectivity index (χ3n) is 1.04. The normalized spacial score (nSPS) is 15.4. The van der Waals surface area contributed by atoms with E-state index in [-0.39, 0.29) is 5.97 Å². The maximum atomic E-state index is 9.75. The zero-order valence-electron chi connectivity index (χ0n) is 7.25. The quantitative estimate of drug-likeness (QED) is 0.342. The molecule has 0 N–H and O–H groups in total. The highest BCUT2D eigenvalue weighted by molar-refractivity contribution is 5.66. The molecule has 0 bridgehead atoms. The topological polar surface area (TPSA) is 44.8 Å². The van der Waals surface area contributed by atoms with Crippen molar-refractivity contribution in [2.45, 2.75) is 19.8 Å². The Balaban J connectivity index is 0.000000202. The summed E-state index contributed by atoms with van der Waals surface area (Å²) in [6.45, 7) is 6.03. The van der Waals surface area contributed by atoms with Gasteiger partial charge in [-0.25, -0.2) is 9.78 Å². The first kappa shape index (κ1) is 11.1. The fraction of sp³-hybridized carbons (Fsp3) is 0.625. The van der Waals surface area contributed by atoms with E-state index in [9.17, 15) is 4.79 Å². The highest BCUT2D eigenvalue weighted by atomic mass is 17.2. The Morgan fingerprint density at radius 3 is 2.00 bits per heavy atom. The lowest BCUT2D eigenvalue weighted by atomic mass is 10.3. The monoisotopic (exact) mass is 174 g/mol. The molecule has 0 atom stereocenters. The van der Waals surface area contributed by atoms with E-state index in [1.54, 1.807) is 0 Å². The third kappa shape index (κ3) is 9.13. The van der Waals surface area contributed by atoms with Gasteiger partial charge in [0.15, 0.2) is 0 Å². The Morgan fingerprint density at radius 1 is 1.42 bits per heavy atom. The highest BCUT2D eigenvalue weighted by Crippen LogP contribution is 1.97. The van der Waals surface area contributed by atoms with Crippen LogP contribution in [0.3, 0.4) is 0 Å². The van der Waals surface area contributed by atoms with Crippen molar-refractivity contribution in [3.8, 4) is 0 Å². The molecule has 12 heavy (non-hydrogen) atoms. The van der Waals surface area contributed by atoms with Crippen LogP contribution in [-0.2, 0) is 19.3 Å². The molecule has 1 heterocycles. The molecule has 1 fully saturated rings. The van der Waals surface area contributed by atoms with E-state index in [1.807, 2.05) is 0 Å². The van der Waals surface area contributed by atoms with Crippen LogP contribution >= 0.6 is 0 Å². The Kier molecular flexibility index (Phi) is 7.63. The first-order chi connectivity index (χ1) is 5.77. The van der Waals surface area contributed by atoms with Gasteiger partial charge in [0.2, 0.25) is 0 Å². The van der Waals surface area contributed by atoms with Gasteiger partial charge in [0.05, 0.1) is 19.5 Å². The van der Waals surface area contributed by atoms with E-state index in [2.05, 4.69) is 21.1 Å². The molecule has 1 aliphatic rings. The van der Waals surface area contributed by atoms with Gasteiger partial charge in [0.25, 0.3) is 0 Å². The second kappa shape index (κ2) is 8.23. The van der Waals surface area contributed by atoms with Gasteiger partial charge in [-0.15, -0.1) is 0 Å². The number of hydrogen-bond donors (Lipinski definition) is 0. The molecular weight excluding hydrogens is 160 g/mol. The average molecular weight is 174 g/mol. The van der Waals surface area contributed by atoms with Crippen LogP contribution in [-0.4, -0.2) is 19.2 Å². The second-order valence-electron chi connectivity index (χ2n) is 2.13. The lowest BCUT2D eigenvalue weighted by Crippen LogP contribution is -2.05. The summed E-state index contributed by atoms with van der Waals surface area (Å²) in [7, 11) is 0. The van der Waals surface area contributed by atoms with Crippen LogP contribution in [0.2, 0.25) is 0 Å². The van der Waals surface area contributed by atoms with Crippen molar-refractivity contribution in [1.82, 2.24) is 0 Å². The maximum Gasteiger partial charge on any atom is 0.307 e. The molecule has 70 valence electrons. The van der Waals surface area contributed by atoms with Crippen molar-refractivity contribution >= 4 is 5.97 Å². The molecule has 0 radical (unpaired) electrons. The lowest BCUT2D eigenvalue weighted by Gasteiger charge is -2.07. The van der Waals surface area contributed by atoms with Crippen LogP contribution in [0.5, 0.6) is 0 Å². The van der Waals surface area contributed by atoms with Gasteiger partial charge in [-0.1, -0.05) is 6.58 Å². The zero-order chi connectivity index (χ0) is 9.23. The molecule has 0 aromatic rings. The molecule has 4 nitrogen and oxygen atoms in total. The minimum atomic E-state index is -0.329. The summed E-state index contributed by atoms with van der Waals surface area (Å²) in [4.78, 5) is 18.9. The Morgan fingerprint density at radius 2 is 1.92 bits per heavy atom. The van der Waals surface area contributed by atoms with E-state index in [4.69, 9.17) is 0 Å². The van der Waals surface area contributed by atoms with Gasteiger partial charge in [0.1, 0.15) is 0 Å². The number of ether oxygens (including phenoxy) is 1. The van der Waals surface area contributed by atoms with Crippen LogP contribution in [0.4, 0.5) is 0 Å². The summed E-state index contributed by atoms with van der Waals surface area (Å²) in [6.07, 6.45) is 3.41. The van der Waals surface area contributed by atoms with E-state index < -0.39 is 0 Å². The van der Waals surface area contributed by atoms with Crippen molar-refractivity contribution in [1.29, 1.82) is 0 Å². The molecule has 0 aromatic carbocycles. The van der Waals surface area contributed by atoms with Crippen LogP contribution in [0.25, 0.3) is 0 Å². The van der Waals surface area contributed by atoms with Gasteiger partial charge in [0, 0.05) is 6.92 Å². The fourth-order valence-corrected chi connectivity index (χ4v) is 0.557. The van der Waals surface area contributed by atoms with Crippen molar-refractivity contribution in [3.63, 3.8) is 0 Å². The molecule has 1 rings (SSSR count). The summed E-state index contributed by atoms with van der Waals surface area (Å²) in [5.41, 5.74) is 0. The zero-order valence-corrected chi connectivity index (χ0v) is 7.25. The van der Waals surface area contributed by atoms with Crippen LogP contribution in [0.15, 0.2) is 12.8 Å². The first-order valence-electron chi connectivity index (χ1n) is 3.80. The molecule has 0 amide bonds. The first-order valence-corrected chi connectivity index (χ1v) is 3.80. The second-order valence-corrected chi connectivity index (χ2v) is 2.13. The number of carbonyl (C=O) groups excluding carboxylic acids is 1. The number of rotatable bonds is 1. The minimum absolute atomic E-state index is 0.329. The molecular formula is C8H14O4. The summed E-state index contributed by atoms with van der Waals surface area (Å²) in [5.74, 6) is -0.329. The Bertz CT molecular complexity index is 118. The predicted octanol–water partition coefficient (Wildman–Crippen LogP) is 1.42. The third-order valence-corrected chi connectivity index (χ3v) is 1.04. The SMILES string of the molecule is C1CCOOC1.C=COC(C)=O. The molecule has 0 aliphatic carbocycles. The molecule has 0 aromatic heterocycles. The van der Waals surface area contributed by atoms with Gasteiger partial charge in [-0.05, 0) is 12.8 Å². The molecule has 0 spiro atoms. The van der Waals surface area contributed by atoms with Crippen molar-refractivity contribution < 1.29 is 19.3 Å². The van der Waals surface area contributed by atoms with Gasteiger partial charge >= 0.3 is 5.97 Å². The fourth-order valence-electron chi connectivity index (χ4n) is 0.557. The van der Waals surface area contributed by atoms with Crippen molar-refractivity contribution in [2.75, 3.05) is 13.2 Å². The van der Waals surface area contributed by atoms with Gasteiger partial charge in [-0.3, -0.25) is 4.79 Å². The highest BCUT2D eigenvalue weighted by Gasteiger charge is 1.95. The smallest absolute Gasteiger partial charge is 0.307 e. The largest absolute Gasteiger partial charge is 0.435 e. The van der Waals surface area contributed by atoms with E-state index in [0.717, 1.165) is 32.3 Å². The summed E-state index contributed by atoms with van der Waals surface area (Å²) in [5, 5.41) is 0. The number of carbonyl (C=O) groups is 1. The van der Waals surface area contributed by atoms with Crippen LogP contribution < -0.4 is 0 Å². The number of hydrogen-bond acceptors (Lipinski definition) is 4. The van der Waals surface area contributed by atoms with Crippen molar-refractivity contribution in [2.24, 2.45) is 0 Å². The van der Waals surface area contributed by atoms with Crippen LogP contribution in [0.1, 0.15) is 19.8 Å². The molecule has 4 heteroatoms. The van der Waals surface area contributed by atoms with E-state index >= 15 is 0 Å². The van der Waals surface area contributed by atoms with Gasteiger partial charge in [-0.2, -0.15) is 0 Å². The molecule has 1 saturated heterocycles. The summed E-state index contributed by atoms with van der Waals surface area (Å²) >= 11 is 0. The van der Waals surface area contributed by atoms with Crippen LogP contribution in [0, 0.1) is 0 Å². The molecule has 0 unspecified atom stereocenters. The average Bonchev–Trinajstić information content (AvgIpc) is 2.08. The van der Waals surface area contributed by atoms with Gasteiger partial charge < -0.3 is 4.74 Å².